The maximum atomic E-state index is 10.2. The monoisotopic (exact) mass is 203 g/mol. The van der Waals surface area contributed by atoms with Gasteiger partial charge in [0.2, 0.25) is 0 Å². The SMILES string of the molecule is O=C(O)COC(=S)N1CCCCC1. The molecule has 1 N–H and O–H groups in total. The molecule has 1 aliphatic heterocycles. The van der Waals surface area contributed by atoms with Crippen LogP contribution >= 0.6 is 12.2 Å². The first-order valence-electron chi connectivity index (χ1n) is 4.33. The minimum atomic E-state index is -0.987. The van der Waals surface area contributed by atoms with Crippen molar-refractivity contribution in [1.29, 1.82) is 0 Å². The molecule has 0 amide bonds. The number of rotatable bonds is 2. The van der Waals surface area contributed by atoms with Gasteiger partial charge in [0.25, 0.3) is 5.17 Å². The minimum Gasteiger partial charge on any atom is -0.479 e. The third-order valence-corrected chi connectivity index (χ3v) is 2.31. The van der Waals surface area contributed by atoms with E-state index in [1.54, 1.807) is 0 Å². The number of carboxylic acid groups (broad SMARTS) is 1. The van der Waals surface area contributed by atoms with Gasteiger partial charge >= 0.3 is 5.97 Å². The molecule has 0 aromatic rings. The predicted molar refractivity (Wildman–Crippen MR) is 51.6 cm³/mol. The zero-order valence-electron chi connectivity index (χ0n) is 7.36. The van der Waals surface area contributed by atoms with Crippen LogP contribution in [0.2, 0.25) is 0 Å². The number of carbonyl (C=O) groups is 1. The third-order valence-electron chi connectivity index (χ3n) is 1.93. The van der Waals surface area contributed by atoms with Crippen molar-refractivity contribution in [2.24, 2.45) is 0 Å². The van der Waals surface area contributed by atoms with Crippen LogP contribution < -0.4 is 0 Å². The highest BCUT2D eigenvalue weighted by Crippen LogP contribution is 2.09. The van der Waals surface area contributed by atoms with E-state index in [9.17, 15) is 4.79 Å². The molecule has 13 heavy (non-hydrogen) atoms. The number of hydrogen-bond acceptors (Lipinski definition) is 3. The van der Waals surface area contributed by atoms with E-state index in [1.165, 1.54) is 6.42 Å². The van der Waals surface area contributed by atoms with Gasteiger partial charge in [-0.2, -0.15) is 0 Å². The van der Waals surface area contributed by atoms with E-state index in [4.69, 9.17) is 22.1 Å². The fraction of sp³-hybridized carbons (Fsp3) is 0.750. The second-order valence-electron chi connectivity index (χ2n) is 3.00. The molecule has 1 fully saturated rings. The Kier molecular flexibility index (Phi) is 3.95. The summed E-state index contributed by atoms with van der Waals surface area (Å²) in [4.78, 5) is 12.1. The van der Waals surface area contributed by atoms with Crippen molar-refractivity contribution in [1.82, 2.24) is 4.90 Å². The van der Waals surface area contributed by atoms with Gasteiger partial charge in [-0.15, -0.1) is 0 Å². The van der Waals surface area contributed by atoms with Crippen LogP contribution in [0.3, 0.4) is 0 Å². The lowest BCUT2D eigenvalue weighted by atomic mass is 10.1. The first-order chi connectivity index (χ1) is 6.20. The summed E-state index contributed by atoms with van der Waals surface area (Å²) in [6.45, 7) is 1.44. The smallest absolute Gasteiger partial charge is 0.341 e. The van der Waals surface area contributed by atoms with E-state index in [-0.39, 0.29) is 6.61 Å². The summed E-state index contributed by atoms with van der Waals surface area (Å²) in [5, 5.41) is 8.68. The first kappa shape index (κ1) is 10.2. The summed E-state index contributed by atoms with van der Waals surface area (Å²) in [6.07, 6.45) is 3.44. The Balaban J connectivity index is 2.25. The Morgan fingerprint density at radius 2 is 2.00 bits per heavy atom. The molecule has 0 spiro atoms. The fourth-order valence-corrected chi connectivity index (χ4v) is 1.53. The molecule has 4 nitrogen and oxygen atoms in total. The molecule has 0 aromatic carbocycles. The van der Waals surface area contributed by atoms with E-state index >= 15 is 0 Å². The van der Waals surface area contributed by atoms with Crippen LogP contribution in [0.25, 0.3) is 0 Å². The maximum absolute atomic E-state index is 10.2. The summed E-state index contributed by atoms with van der Waals surface area (Å²) in [5.41, 5.74) is 0. The van der Waals surface area contributed by atoms with E-state index in [1.807, 2.05) is 4.90 Å². The molecule has 74 valence electrons. The Morgan fingerprint density at radius 3 is 2.54 bits per heavy atom. The number of carboxylic acids is 1. The minimum absolute atomic E-state index is 0.321. The average molecular weight is 203 g/mol. The molecular formula is C8H13NO3S. The molecular weight excluding hydrogens is 190 g/mol. The van der Waals surface area contributed by atoms with E-state index in [2.05, 4.69) is 0 Å². The largest absolute Gasteiger partial charge is 0.479 e. The average Bonchev–Trinajstić information content (AvgIpc) is 2.15. The van der Waals surface area contributed by atoms with Crippen LogP contribution in [-0.4, -0.2) is 40.8 Å². The molecule has 1 saturated heterocycles. The molecule has 0 radical (unpaired) electrons. The summed E-state index contributed by atoms with van der Waals surface area (Å²) in [7, 11) is 0. The number of aliphatic carboxylic acids is 1. The van der Waals surface area contributed by atoms with Gasteiger partial charge in [0, 0.05) is 13.1 Å². The second-order valence-corrected chi connectivity index (χ2v) is 3.35. The summed E-state index contributed by atoms with van der Waals surface area (Å²) >= 11 is 4.93. The van der Waals surface area contributed by atoms with Crippen LogP contribution in [0.5, 0.6) is 0 Å². The zero-order valence-corrected chi connectivity index (χ0v) is 8.18. The number of thiocarbonyl (C=S) groups is 1. The van der Waals surface area contributed by atoms with Gasteiger partial charge in [-0.05, 0) is 31.5 Å². The first-order valence-corrected chi connectivity index (χ1v) is 4.74. The van der Waals surface area contributed by atoms with Gasteiger partial charge in [-0.3, -0.25) is 0 Å². The molecule has 0 aliphatic carbocycles. The van der Waals surface area contributed by atoms with Crippen molar-refractivity contribution >= 4 is 23.4 Å². The molecule has 0 unspecified atom stereocenters. The van der Waals surface area contributed by atoms with Gasteiger partial charge in [0.1, 0.15) is 0 Å². The van der Waals surface area contributed by atoms with Crippen LogP contribution in [0, 0.1) is 0 Å². The lowest BCUT2D eigenvalue weighted by Gasteiger charge is -2.27. The zero-order chi connectivity index (χ0) is 9.68. The Labute approximate surface area is 82.5 Å². The highest BCUT2D eigenvalue weighted by Gasteiger charge is 2.14. The highest BCUT2D eigenvalue weighted by atomic mass is 32.1. The van der Waals surface area contributed by atoms with Crippen molar-refractivity contribution in [2.45, 2.75) is 19.3 Å². The Morgan fingerprint density at radius 1 is 1.38 bits per heavy atom. The number of nitrogens with zero attached hydrogens (tertiary/aromatic N) is 1. The van der Waals surface area contributed by atoms with E-state index < -0.39 is 5.97 Å². The topological polar surface area (TPSA) is 49.8 Å². The van der Waals surface area contributed by atoms with Crippen LogP contribution in [-0.2, 0) is 9.53 Å². The van der Waals surface area contributed by atoms with Crippen molar-refractivity contribution < 1.29 is 14.6 Å². The number of likely N-dealkylation sites (tertiary alicyclic amines) is 1. The van der Waals surface area contributed by atoms with Crippen molar-refractivity contribution in [3.8, 4) is 0 Å². The predicted octanol–water partition coefficient (Wildman–Crippen LogP) is 0.858. The Bertz CT molecular complexity index is 202. The lowest BCUT2D eigenvalue weighted by Crippen LogP contribution is -2.36. The third kappa shape index (κ3) is 3.59. The van der Waals surface area contributed by atoms with Crippen LogP contribution in [0.15, 0.2) is 0 Å². The van der Waals surface area contributed by atoms with Gasteiger partial charge in [-0.1, -0.05) is 0 Å². The van der Waals surface area contributed by atoms with Gasteiger partial charge in [0.05, 0.1) is 0 Å². The lowest BCUT2D eigenvalue weighted by molar-refractivity contribution is -0.139. The quantitative estimate of drug-likeness (QED) is 0.674. The van der Waals surface area contributed by atoms with Gasteiger partial charge in [-0.25, -0.2) is 4.79 Å². The molecule has 1 aliphatic rings. The molecule has 0 atom stereocenters. The van der Waals surface area contributed by atoms with Crippen LogP contribution in [0.4, 0.5) is 0 Å². The van der Waals surface area contributed by atoms with Gasteiger partial charge in [0.15, 0.2) is 6.61 Å². The van der Waals surface area contributed by atoms with Crippen molar-refractivity contribution in [3.05, 3.63) is 0 Å². The summed E-state index contributed by atoms with van der Waals surface area (Å²) in [5.74, 6) is -0.987. The molecule has 0 aromatic heterocycles. The van der Waals surface area contributed by atoms with Crippen molar-refractivity contribution in [3.63, 3.8) is 0 Å². The fourth-order valence-electron chi connectivity index (χ4n) is 1.29. The summed E-state index contributed by atoms with van der Waals surface area (Å²) in [6, 6.07) is 0. The number of ether oxygens (including phenoxy) is 1. The van der Waals surface area contributed by atoms with Crippen LogP contribution in [0.1, 0.15) is 19.3 Å². The Hall–Kier alpha value is -0.840. The van der Waals surface area contributed by atoms with E-state index in [0.29, 0.717) is 5.17 Å². The highest BCUT2D eigenvalue weighted by molar-refractivity contribution is 7.80. The molecule has 1 heterocycles. The van der Waals surface area contributed by atoms with Gasteiger partial charge < -0.3 is 14.7 Å². The normalized spacial score (nSPS) is 16.8. The number of hydrogen-bond donors (Lipinski definition) is 1. The summed E-state index contributed by atoms with van der Waals surface area (Å²) < 4.78 is 4.90. The molecule has 0 bridgehead atoms. The molecule has 1 rings (SSSR count). The standard InChI is InChI=1S/C8H13NO3S/c10-7(11)6-12-8(13)9-4-2-1-3-5-9/h1-6H2,(H,10,11). The van der Waals surface area contributed by atoms with Crippen molar-refractivity contribution in [2.75, 3.05) is 19.7 Å². The van der Waals surface area contributed by atoms with E-state index in [0.717, 1.165) is 25.9 Å². The second kappa shape index (κ2) is 5.01. The molecule has 0 saturated carbocycles. The molecule has 5 heteroatoms. The maximum Gasteiger partial charge on any atom is 0.341 e. The number of piperidine rings is 1.